The van der Waals surface area contributed by atoms with Gasteiger partial charge in [0, 0.05) is 4.90 Å². The summed E-state index contributed by atoms with van der Waals surface area (Å²) in [6.07, 6.45) is 0. The van der Waals surface area contributed by atoms with E-state index in [0.717, 1.165) is 24.3 Å². The SMILES string of the molecule is Cc1cc(S(=O)(=O)O)c(/N=N/c2cc(/N=N/c3ccc(S(=O)(=O)CCOSOOO)cc3)c(N)c(/N=N/c3ccc(S(=O)(=O)CCOS(=O)(=O)O)cc3)c2N)cc1SOOO. The van der Waals surface area contributed by atoms with Gasteiger partial charge in [-0.05, 0) is 79.2 Å². The number of anilines is 2. The molecular weight excluding hydrogens is 941 g/mol. The lowest BCUT2D eigenvalue weighted by Crippen LogP contribution is -2.15. The molecule has 0 amide bonds. The normalized spacial score (nSPS) is 12.9. The van der Waals surface area contributed by atoms with Gasteiger partial charge >= 0.3 is 10.4 Å². The second-order valence-electron chi connectivity index (χ2n) is 11.4. The van der Waals surface area contributed by atoms with Gasteiger partial charge < -0.3 is 11.5 Å². The van der Waals surface area contributed by atoms with Crippen molar-refractivity contribution in [1.29, 1.82) is 0 Å². The number of hydrogen-bond acceptors (Lipinski definition) is 26. The molecule has 0 aliphatic heterocycles. The number of rotatable bonds is 22. The lowest BCUT2D eigenvalue weighted by Gasteiger charge is -2.10. The molecule has 0 aliphatic rings. The molecule has 4 aromatic carbocycles. The zero-order valence-electron chi connectivity index (χ0n) is 30.5. The number of benzene rings is 4. The van der Waals surface area contributed by atoms with E-state index in [0.29, 0.717) is 12.0 Å². The van der Waals surface area contributed by atoms with E-state index in [4.69, 9.17) is 30.7 Å². The summed E-state index contributed by atoms with van der Waals surface area (Å²) in [6.45, 7) is 0.272. The first-order valence-electron chi connectivity index (χ1n) is 15.9. The molecule has 0 atom stereocenters. The van der Waals surface area contributed by atoms with Crippen molar-refractivity contribution in [2.45, 2.75) is 26.5 Å². The fourth-order valence-corrected chi connectivity index (χ4v) is 8.53. The number of sulfone groups is 2. The summed E-state index contributed by atoms with van der Waals surface area (Å²) in [5, 5.41) is 47.9. The quantitative estimate of drug-likeness (QED) is 0.00937. The molecule has 0 aromatic heterocycles. The van der Waals surface area contributed by atoms with Gasteiger partial charge in [0.05, 0.1) is 69.3 Å². The Bertz CT molecular complexity index is 2740. The van der Waals surface area contributed by atoms with Crippen LogP contribution in [0.25, 0.3) is 0 Å². The van der Waals surface area contributed by atoms with E-state index >= 15 is 0 Å². The van der Waals surface area contributed by atoms with Crippen molar-refractivity contribution in [3.8, 4) is 0 Å². The Morgan fingerprint density at radius 2 is 1.11 bits per heavy atom. The van der Waals surface area contributed by atoms with E-state index in [1.165, 1.54) is 49.4 Å². The molecule has 26 nitrogen and oxygen atoms in total. The molecule has 0 radical (unpaired) electrons. The first-order chi connectivity index (χ1) is 28.6. The third-order valence-corrected chi connectivity index (χ3v) is 13.2. The predicted octanol–water partition coefficient (Wildman–Crippen LogP) is 6.45. The highest BCUT2D eigenvalue weighted by atomic mass is 32.3. The third-order valence-electron chi connectivity index (χ3n) is 7.35. The first-order valence-corrected chi connectivity index (χ1v) is 23.4. The minimum absolute atomic E-state index is 0.0477. The van der Waals surface area contributed by atoms with E-state index in [-0.39, 0.29) is 79.0 Å². The van der Waals surface area contributed by atoms with Gasteiger partial charge in [0.1, 0.15) is 27.6 Å². The van der Waals surface area contributed by atoms with Crippen LogP contribution >= 0.6 is 24.4 Å². The van der Waals surface area contributed by atoms with Crippen LogP contribution in [0.2, 0.25) is 0 Å². The summed E-state index contributed by atoms with van der Waals surface area (Å²) >= 11 is 0.673. The summed E-state index contributed by atoms with van der Waals surface area (Å²) in [4.78, 5) is -0.879. The first kappa shape index (κ1) is 49.0. The summed E-state index contributed by atoms with van der Waals surface area (Å²) in [6, 6.07) is 13.1. The van der Waals surface area contributed by atoms with Crippen LogP contribution in [0.15, 0.2) is 117 Å². The zero-order chi connectivity index (χ0) is 45.0. The molecule has 0 fully saturated rings. The largest absolute Gasteiger partial charge is 0.397 e. The predicted molar refractivity (Wildman–Crippen MR) is 212 cm³/mol. The third kappa shape index (κ3) is 14.5. The van der Waals surface area contributed by atoms with Gasteiger partial charge in [-0.1, -0.05) is 10.1 Å². The highest BCUT2D eigenvalue weighted by Crippen LogP contribution is 2.46. The molecule has 0 saturated carbocycles. The highest BCUT2D eigenvalue weighted by molar-refractivity contribution is 7.94. The standard InChI is InChI=1S/C29H30N8O18S6/c1-17-14-26(60(44,45)46)22(16-25(17)56-54-52-38)34-36-24-15-23(35-32-18-2-6-20(7-3-18)58(40,41)12-10-50-57-55-53-39)27(30)29(28(24)31)37-33-19-4-8-21(9-5-19)59(42,43)13-11-51-61(47,48)49/h2-9,14-16,38-39H,10-13,30-31H2,1H3,(H,44,45,46)(H,47,48,49)/b35-32+,36-34+,37-33+. The van der Waals surface area contributed by atoms with Gasteiger partial charge in [-0.15, -0.1) is 29.1 Å². The molecule has 330 valence electrons. The Hall–Kier alpha value is -4.62. The summed E-state index contributed by atoms with van der Waals surface area (Å²) in [5.74, 6) is -1.26. The minimum atomic E-state index is -4.90. The van der Waals surface area contributed by atoms with Crippen molar-refractivity contribution in [1.82, 2.24) is 0 Å². The van der Waals surface area contributed by atoms with Crippen LogP contribution in [0.4, 0.5) is 45.5 Å². The van der Waals surface area contributed by atoms with Crippen molar-refractivity contribution in [3.05, 3.63) is 72.3 Å². The van der Waals surface area contributed by atoms with E-state index in [9.17, 15) is 38.2 Å². The summed E-state index contributed by atoms with van der Waals surface area (Å²) in [7, 11) is -17.7. The van der Waals surface area contributed by atoms with Crippen LogP contribution in [0, 0.1) is 6.92 Å². The number of hydrogen-bond donors (Lipinski definition) is 6. The molecule has 0 unspecified atom stereocenters. The number of nitrogen functional groups attached to an aromatic ring is 2. The average Bonchev–Trinajstić information content (AvgIpc) is 3.19. The fourth-order valence-electron chi connectivity index (χ4n) is 4.49. The van der Waals surface area contributed by atoms with E-state index in [1.54, 1.807) is 0 Å². The Labute approximate surface area is 354 Å². The van der Waals surface area contributed by atoms with Crippen molar-refractivity contribution < 1.29 is 80.4 Å². The van der Waals surface area contributed by atoms with Crippen molar-refractivity contribution in [2.75, 3.05) is 36.2 Å². The molecule has 61 heavy (non-hydrogen) atoms. The Kier molecular flexibility index (Phi) is 17.2. The second-order valence-corrected chi connectivity index (χ2v) is 19.3. The summed E-state index contributed by atoms with van der Waals surface area (Å²) < 4.78 is 132. The lowest BCUT2D eigenvalue weighted by atomic mass is 10.1. The van der Waals surface area contributed by atoms with E-state index in [2.05, 4.69) is 53.6 Å². The maximum Gasteiger partial charge on any atom is 0.397 e. The van der Waals surface area contributed by atoms with Crippen LogP contribution < -0.4 is 11.5 Å². The smallest absolute Gasteiger partial charge is 0.395 e. The molecule has 0 saturated heterocycles. The van der Waals surface area contributed by atoms with Gasteiger partial charge in [0.15, 0.2) is 32.0 Å². The Morgan fingerprint density at radius 1 is 0.623 bits per heavy atom. The van der Waals surface area contributed by atoms with Gasteiger partial charge in [0.25, 0.3) is 10.1 Å². The van der Waals surface area contributed by atoms with Crippen molar-refractivity contribution in [2.24, 2.45) is 30.7 Å². The minimum Gasteiger partial charge on any atom is -0.395 e. The van der Waals surface area contributed by atoms with Gasteiger partial charge in [-0.2, -0.15) is 27.1 Å². The number of nitrogens with two attached hydrogens (primary N) is 2. The Balaban J connectivity index is 1.74. The number of azo groups is 3. The molecule has 4 rings (SSSR count). The molecule has 0 heterocycles. The van der Waals surface area contributed by atoms with E-state index in [1.807, 2.05) is 0 Å². The topological polar surface area (TPSA) is 399 Å². The molecular formula is C29H30N8O18S6. The van der Waals surface area contributed by atoms with Crippen LogP contribution in [0.1, 0.15) is 5.56 Å². The van der Waals surface area contributed by atoms with Crippen LogP contribution in [0.3, 0.4) is 0 Å². The van der Waals surface area contributed by atoms with Crippen LogP contribution in [-0.2, 0) is 67.3 Å². The zero-order valence-corrected chi connectivity index (χ0v) is 35.4. The highest BCUT2D eigenvalue weighted by Gasteiger charge is 2.21. The molecule has 8 N–H and O–H groups in total. The molecule has 32 heteroatoms. The van der Waals surface area contributed by atoms with E-state index < -0.39 is 68.9 Å². The van der Waals surface area contributed by atoms with Crippen molar-refractivity contribution >= 4 is 110 Å². The fraction of sp³-hybridized carbons (Fsp3) is 0.172. The maximum atomic E-state index is 12.7. The maximum absolute atomic E-state index is 12.7. The van der Waals surface area contributed by atoms with Crippen molar-refractivity contribution in [3.63, 3.8) is 0 Å². The lowest BCUT2D eigenvalue weighted by molar-refractivity contribution is -0.434. The summed E-state index contributed by atoms with van der Waals surface area (Å²) in [5.41, 5.74) is 11.5. The number of nitrogens with zero attached hydrogens (tertiary/aromatic N) is 6. The molecule has 0 bridgehead atoms. The van der Waals surface area contributed by atoms with Crippen LogP contribution in [-0.4, -0.2) is 78.0 Å². The van der Waals surface area contributed by atoms with Gasteiger partial charge in [0.2, 0.25) is 0 Å². The molecule has 4 aromatic rings. The van der Waals surface area contributed by atoms with Gasteiger partial charge in [-0.25, -0.2) is 31.5 Å². The number of aryl methyl sites for hydroxylation is 1. The monoisotopic (exact) mass is 970 g/mol. The Morgan fingerprint density at radius 3 is 1.62 bits per heavy atom. The average molecular weight is 971 g/mol. The van der Waals surface area contributed by atoms with Gasteiger partial charge in [-0.3, -0.25) is 13.3 Å². The molecule has 0 aliphatic carbocycles. The van der Waals surface area contributed by atoms with Crippen LogP contribution in [0.5, 0.6) is 0 Å². The molecule has 0 spiro atoms. The second kappa shape index (κ2) is 21.4.